The number of aromatic nitrogens is 1. The van der Waals surface area contributed by atoms with Crippen molar-refractivity contribution < 1.29 is 19.1 Å². The van der Waals surface area contributed by atoms with Gasteiger partial charge in [-0.1, -0.05) is 17.7 Å². The second-order valence-electron chi connectivity index (χ2n) is 9.74. The van der Waals surface area contributed by atoms with E-state index in [2.05, 4.69) is 4.57 Å². The Morgan fingerprint density at radius 3 is 2.49 bits per heavy atom. The normalized spacial score (nSPS) is 15.3. The molecule has 0 N–H and O–H groups in total. The first kappa shape index (κ1) is 25.7. The molecule has 37 heavy (non-hydrogen) atoms. The molecule has 1 saturated heterocycles. The van der Waals surface area contributed by atoms with E-state index in [0.29, 0.717) is 54.9 Å². The highest BCUT2D eigenvalue weighted by molar-refractivity contribution is 7.13. The van der Waals surface area contributed by atoms with Gasteiger partial charge in [0.25, 0.3) is 5.91 Å². The molecule has 2 aliphatic rings. The number of nitrogens with zero attached hydrogens (tertiary/aromatic N) is 3. The van der Waals surface area contributed by atoms with E-state index < -0.39 is 0 Å². The number of hydrogen-bond acceptors (Lipinski definition) is 5. The Bertz CT molecular complexity index is 1330. The molecule has 3 aromatic rings. The Morgan fingerprint density at radius 2 is 1.81 bits per heavy atom. The summed E-state index contributed by atoms with van der Waals surface area (Å²) in [4.78, 5) is 30.6. The minimum absolute atomic E-state index is 0.0163. The van der Waals surface area contributed by atoms with Crippen molar-refractivity contribution in [1.29, 1.82) is 0 Å². The van der Waals surface area contributed by atoms with Gasteiger partial charge in [0, 0.05) is 55.7 Å². The number of carbonyl (C=O) groups excluding carboxylic acids is 2. The van der Waals surface area contributed by atoms with Gasteiger partial charge in [-0.05, 0) is 55.8 Å². The van der Waals surface area contributed by atoms with Crippen LogP contribution in [0.15, 0.2) is 29.6 Å². The van der Waals surface area contributed by atoms with Crippen molar-refractivity contribution >= 4 is 34.8 Å². The first-order valence-electron chi connectivity index (χ1n) is 12.7. The number of rotatable bonds is 5. The Morgan fingerprint density at radius 1 is 1.05 bits per heavy atom. The third kappa shape index (κ3) is 4.73. The number of hydrogen-bond donors (Lipinski definition) is 0. The maximum Gasteiger partial charge on any atom is 0.272 e. The van der Waals surface area contributed by atoms with Gasteiger partial charge in [0.1, 0.15) is 5.69 Å². The van der Waals surface area contributed by atoms with Gasteiger partial charge in [-0.25, -0.2) is 0 Å². The Kier molecular flexibility index (Phi) is 7.23. The molecule has 0 radical (unpaired) electrons. The number of fused-ring (bicyclic) bond motifs is 3. The number of methoxy groups -OCH3 is 1. The van der Waals surface area contributed by atoms with Gasteiger partial charge in [-0.3, -0.25) is 9.59 Å². The number of halogens is 1. The lowest BCUT2D eigenvalue weighted by Crippen LogP contribution is -2.37. The molecule has 2 aliphatic heterocycles. The number of amides is 2. The summed E-state index contributed by atoms with van der Waals surface area (Å²) in [7, 11) is 1.65. The number of carbonyl (C=O) groups is 2. The lowest BCUT2D eigenvalue weighted by atomic mass is 9.95. The summed E-state index contributed by atoms with van der Waals surface area (Å²) in [5.74, 6) is 1.32. The summed E-state index contributed by atoms with van der Waals surface area (Å²) >= 11 is 8.72. The smallest absolute Gasteiger partial charge is 0.272 e. The fraction of sp³-hybridized carbons (Fsp3) is 0.429. The van der Waals surface area contributed by atoms with Crippen LogP contribution in [0.4, 0.5) is 0 Å². The second kappa shape index (κ2) is 10.4. The van der Waals surface area contributed by atoms with Gasteiger partial charge in [0.2, 0.25) is 5.91 Å². The van der Waals surface area contributed by atoms with Crippen LogP contribution >= 0.6 is 22.9 Å². The first-order valence-corrected chi connectivity index (χ1v) is 13.9. The number of benzene rings is 1. The third-order valence-corrected chi connectivity index (χ3v) is 8.27. The van der Waals surface area contributed by atoms with Crippen LogP contribution in [-0.4, -0.2) is 65.6 Å². The van der Waals surface area contributed by atoms with Crippen molar-refractivity contribution in [3.63, 3.8) is 0 Å². The molecule has 7 nitrogen and oxygen atoms in total. The molecule has 9 heteroatoms. The van der Waals surface area contributed by atoms with Gasteiger partial charge in [0.05, 0.1) is 23.9 Å². The topological polar surface area (TPSA) is 64.0 Å². The van der Waals surface area contributed by atoms with Crippen LogP contribution in [0, 0.1) is 0 Å². The Balaban J connectivity index is 1.64. The van der Waals surface area contributed by atoms with Gasteiger partial charge in [0.15, 0.2) is 11.5 Å². The van der Waals surface area contributed by atoms with E-state index in [0.717, 1.165) is 40.1 Å². The summed E-state index contributed by atoms with van der Waals surface area (Å²) in [5, 5.41) is 2.50. The molecule has 0 bridgehead atoms. The zero-order valence-corrected chi connectivity index (χ0v) is 23.2. The van der Waals surface area contributed by atoms with Crippen molar-refractivity contribution in [1.82, 2.24) is 14.4 Å². The fourth-order valence-corrected chi connectivity index (χ4v) is 6.51. The molecule has 1 fully saturated rings. The zero-order valence-electron chi connectivity index (χ0n) is 21.7. The average Bonchev–Trinajstić information content (AvgIpc) is 3.40. The molecule has 0 saturated carbocycles. The Labute approximate surface area is 226 Å². The fourth-order valence-electron chi connectivity index (χ4n) is 5.30. The van der Waals surface area contributed by atoms with E-state index in [1.54, 1.807) is 30.3 Å². The van der Waals surface area contributed by atoms with Crippen LogP contribution in [0.5, 0.6) is 11.5 Å². The standard InChI is InChI=1S/C28H32ClN3O4S/c1-17(2)36-22-16-20-19(15-21(22)35-4)8-11-32-26(20)24(23-7-5-14-37-23)25(29)27(32)28(34)31-10-6-9-30(12-13-31)18(3)33/h5,7,14-17H,6,8-13H2,1-4H3. The van der Waals surface area contributed by atoms with Crippen LogP contribution in [0.25, 0.3) is 21.7 Å². The summed E-state index contributed by atoms with van der Waals surface area (Å²) in [6.45, 7) is 8.46. The highest BCUT2D eigenvalue weighted by Gasteiger charge is 2.34. The molecular formula is C28H32ClN3O4S. The monoisotopic (exact) mass is 541 g/mol. The highest BCUT2D eigenvalue weighted by atomic mass is 35.5. The van der Waals surface area contributed by atoms with E-state index in [1.807, 2.05) is 48.4 Å². The van der Waals surface area contributed by atoms with E-state index in [-0.39, 0.29) is 17.9 Å². The average molecular weight is 542 g/mol. The quantitative estimate of drug-likeness (QED) is 0.423. The highest BCUT2D eigenvalue weighted by Crippen LogP contribution is 2.49. The van der Waals surface area contributed by atoms with E-state index >= 15 is 0 Å². The molecule has 196 valence electrons. The lowest BCUT2D eigenvalue weighted by molar-refractivity contribution is -0.128. The summed E-state index contributed by atoms with van der Waals surface area (Å²) in [5.41, 5.74) is 4.48. The summed E-state index contributed by atoms with van der Waals surface area (Å²) in [6, 6.07) is 8.11. The minimum atomic E-state index is -0.0879. The first-order chi connectivity index (χ1) is 17.8. The second-order valence-corrected chi connectivity index (χ2v) is 11.1. The molecule has 2 amide bonds. The number of ether oxygens (including phenoxy) is 2. The minimum Gasteiger partial charge on any atom is -0.493 e. The molecule has 0 atom stereocenters. The van der Waals surface area contributed by atoms with Crippen molar-refractivity contribution in [3.05, 3.63) is 45.9 Å². The molecular weight excluding hydrogens is 510 g/mol. The van der Waals surface area contributed by atoms with E-state index in [9.17, 15) is 9.59 Å². The molecule has 4 heterocycles. The van der Waals surface area contributed by atoms with Crippen LogP contribution in [-0.2, 0) is 17.8 Å². The summed E-state index contributed by atoms with van der Waals surface area (Å²) in [6.07, 6.45) is 1.47. The van der Waals surface area contributed by atoms with Crippen LogP contribution < -0.4 is 9.47 Å². The maximum atomic E-state index is 14.0. The number of aryl methyl sites for hydroxylation is 1. The van der Waals surface area contributed by atoms with Crippen molar-refractivity contribution in [2.75, 3.05) is 33.3 Å². The SMILES string of the molecule is COc1cc2c(cc1OC(C)C)-c1c(-c3cccs3)c(Cl)c(C(=O)N3CCCN(C(C)=O)CC3)n1CC2. The van der Waals surface area contributed by atoms with E-state index in [4.69, 9.17) is 21.1 Å². The molecule has 0 aliphatic carbocycles. The van der Waals surface area contributed by atoms with Gasteiger partial charge in [-0.2, -0.15) is 0 Å². The largest absolute Gasteiger partial charge is 0.493 e. The predicted molar refractivity (Wildman–Crippen MR) is 147 cm³/mol. The molecule has 1 aromatic carbocycles. The Hall–Kier alpha value is -2.97. The molecule has 0 unspecified atom stereocenters. The molecule has 2 aromatic heterocycles. The molecule has 0 spiro atoms. The van der Waals surface area contributed by atoms with Gasteiger partial charge < -0.3 is 23.8 Å². The van der Waals surface area contributed by atoms with Gasteiger partial charge >= 0.3 is 0 Å². The lowest BCUT2D eigenvalue weighted by Gasteiger charge is -2.26. The number of thiophene rings is 1. The summed E-state index contributed by atoms with van der Waals surface area (Å²) < 4.78 is 13.8. The van der Waals surface area contributed by atoms with Crippen molar-refractivity contribution in [2.24, 2.45) is 0 Å². The third-order valence-electron chi connectivity index (χ3n) is 7.01. The van der Waals surface area contributed by atoms with Crippen LogP contribution in [0.2, 0.25) is 5.02 Å². The maximum absolute atomic E-state index is 14.0. The van der Waals surface area contributed by atoms with Gasteiger partial charge in [-0.15, -0.1) is 11.3 Å². The molecule has 5 rings (SSSR count). The van der Waals surface area contributed by atoms with Crippen molar-refractivity contribution in [3.8, 4) is 33.2 Å². The predicted octanol–water partition coefficient (Wildman–Crippen LogP) is 5.58. The zero-order chi connectivity index (χ0) is 26.3. The van der Waals surface area contributed by atoms with Crippen LogP contribution in [0.3, 0.4) is 0 Å². The van der Waals surface area contributed by atoms with E-state index in [1.165, 1.54) is 0 Å². The van der Waals surface area contributed by atoms with Crippen molar-refractivity contribution in [2.45, 2.75) is 46.3 Å². The van der Waals surface area contributed by atoms with Crippen LogP contribution in [0.1, 0.15) is 43.2 Å².